The van der Waals surface area contributed by atoms with E-state index < -0.39 is 65.4 Å². The van der Waals surface area contributed by atoms with Gasteiger partial charge in [-0.2, -0.15) is 18.3 Å². The summed E-state index contributed by atoms with van der Waals surface area (Å²) < 4.78 is 93.6. The van der Waals surface area contributed by atoms with E-state index in [4.69, 9.17) is 0 Å². The van der Waals surface area contributed by atoms with Gasteiger partial charge in [-0.05, 0) is 12.8 Å². The molecule has 0 saturated heterocycles. The van der Waals surface area contributed by atoms with Gasteiger partial charge in [-0.3, -0.25) is 4.68 Å². The van der Waals surface area contributed by atoms with E-state index in [1.165, 1.54) is 0 Å². The Morgan fingerprint density at radius 1 is 1.09 bits per heavy atom. The molecule has 2 fully saturated rings. The summed E-state index contributed by atoms with van der Waals surface area (Å²) in [6.45, 7) is 0. The molecule has 0 spiro atoms. The third-order valence-corrected chi connectivity index (χ3v) is 5.16. The Balaban J connectivity index is 1.75. The van der Waals surface area contributed by atoms with Crippen LogP contribution in [-0.2, 0) is 12.6 Å². The molecule has 4 rings (SSSR count). The molecule has 1 heterocycles. The second-order valence-corrected chi connectivity index (χ2v) is 6.50. The zero-order valence-electron chi connectivity index (χ0n) is 11.4. The maximum Gasteiger partial charge on any atom is 0.435 e. The fourth-order valence-corrected chi connectivity index (χ4v) is 3.97. The van der Waals surface area contributed by atoms with Crippen LogP contribution in [0.5, 0.6) is 0 Å². The molecule has 0 unspecified atom stereocenters. The van der Waals surface area contributed by atoms with E-state index in [1.807, 2.05) is 0 Å². The topological polar surface area (TPSA) is 38.1 Å². The first-order valence-corrected chi connectivity index (χ1v) is 7.06. The number of aliphatic hydroxyl groups excluding tert-OH is 1. The van der Waals surface area contributed by atoms with Gasteiger partial charge < -0.3 is 5.11 Å². The highest BCUT2D eigenvalue weighted by Gasteiger charge is 2.72. The van der Waals surface area contributed by atoms with Crippen LogP contribution >= 0.6 is 0 Å². The molecule has 0 aromatic carbocycles. The minimum Gasteiger partial charge on any atom is -0.382 e. The molecule has 0 bridgehead atoms. The fourth-order valence-electron chi connectivity index (χ4n) is 3.97. The summed E-state index contributed by atoms with van der Waals surface area (Å²) in [7, 11) is 0. The first-order chi connectivity index (χ1) is 10.4. The van der Waals surface area contributed by atoms with Crippen molar-refractivity contribution >= 4 is 0 Å². The smallest absolute Gasteiger partial charge is 0.382 e. The summed E-state index contributed by atoms with van der Waals surface area (Å²) in [6, 6.07) is -0.768. The number of fused-ring (bicyclic) bond motifs is 2. The second kappa shape index (κ2) is 4.01. The second-order valence-electron chi connectivity index (χ2n) is 6.50. The Morgan fingerprint density at radius 2 is 1.65 bits per heavy atom. The third kappa shape index (κ3) is 1.90. The number of hydrogen-bond donors (Lipinski definition) is 1. The number of nitrogens with zero attached hydrogens (tertiary/aromatic N) is 2. The number of halogens is 7. The van der Waals surface area contributed by atoms with Gasteiger partial charge in [0.25, 0.3) is 11.8 Å². The Morgan fingerprint density at radius 3 is 2.17 bits per heavy atom. The number of alkyl halides is 7. The monoisotopic (exact) mass is 344 g/mol. The summed E-state index contributed by atoms with van der Waals surface area (Å²) in [4.78, 5) is 0. The van der Waals surface area contributed by atoms with Crippen molar-refractivity contribution in [1.82, 2.24) is 9.78 Å². The highest BCUT2D eigenvalue weighted by atomic mass is 19.4. The van der Waals surface area contributed by atoms with Crippen LogP contribution in [0.2, 0.25) is 0 Å². The summed E-state index contributed by atoms with van der Waals surface area (Å²) in [6.07, 6.45) is -8.84. The zero-order valence-corrected chi connectivity index (χ0v) is 11.4. The largest absolute Gasteiger partial charge is 0.435 e. The molecule has 10 heteroatoms. The molecule has 2 saturated carbocycles. The molecular formula is C13H11F7N2O. The molecule has 3 aliphatic rings. The van der Waals surface area contributed by atoms with Gasteiger partial charge in [0.1, 0.15) is 6.10 Å². The molecule has 128 valence electrons. The predicted octanol–water partition coefficient (Wildman–Crippen LogP) is 3.34. The highest BCUT2D eigenvalue weighted by Crippen LogP contribution is 2.67. The number of aromatic nitrogens is 2. The Bertz CT molecular complexity index is 667. The normalized spacial score (nSPS) is 36.9. The van der Waals surface area contributed by atoms with Crippen LogP contribution in [-0.4, -0.2) is 26.7 Å². The molecular weight excluding hydrogens is 333 g/mol. The van der Waals surface area contributed by atoms with Crippen molar-refractivity contribution in [3.63, 3.8) is 0 Å². The number of aliphatic hydroxyl groups is 1. The van der Waals surface area contributed by atoms with Gasteiger partial charge in [-0.1, -0.05) is 0 Å². The standard InChI is InChI=1S/C13H11F7N2O/c14-11(15)3-7-8(10(11)23)9(13(18,19)20)21-22(7)4-1-5-6(2-4)12(5,16)17/h4-6,10,23H,1-3H2/t4-,5+,6-,10-/m0/s1. The first kappa shape index (κ1) is 15.2. The van der Waals surface area contributed by atoms with Crippen molar-refractivity contribution in [2.24, 2.45) is 11.8 Å². The molecule has 23 heavy (non-hydrogen) atoms. The van der Waals surface area contributed by atoms with Crippen molar-refractivity contribution < 1.29 is 35.8 Å². The highest BCUT2D eigenvalue weighted by molar-refractivity contribution is 5.38. The minimum atomic E-state index is -5.00. The third-order valence-electron chi connectivity index (χ3n) is 5.16. The van der Waals surface area contributed by atoms with Crippen LogP contribution in [0.3, 0.4) is 0 Å². The lowest BCUT2D eigenvalue weighted by Gasteiger charge is -2.19. The molecule has 0 radical (unpaired) electrons. The first-order valence-electron chi connectivity index (χ1n) is 7.06. The molecule has 1 aromatic heterocycles. The zero-order chi connectivity index (χ0) is 16.9. The molecule has 1 aromatic rings. The van der Waals surface area contributed by atoms with E-state index in [0.29, 0.717) is 0 Å². The summed E-state index contributed by atoms with van der Waals surface area (Å²) in [5, 5.41) is 12.9. The molecule has 4 atom stereocenters. The molecule has 3 nitrogen and oxygen atoms in total. The van der Waals surface area contributed by atoms with Crippen molar-refractivity contribution in [3.8, 4) is 0 Å². The summed E-state index contributed by atoms with van der Waals surface area (Å²) in [5.41, 5.74) is -2.87. The lowest BCUT2D eigenvalue weighted by atomic mass is 10.1. The molecule has 3 aliphatic carbocycles. The van der Waals surface area contributed by atoms with E-state index in [0.717, 1.165) is 4.68 Å². The maximum absolute atomic E-state index is 13.6. The summed E-state index contributed by atoms with van der Waals surface area (Å²) in [5.74, 6) is -8.38. The van der Waals surface area contributed by atoms with Crippen LogP contribution in [0.1, 0.15) is 41.9 Å². The van der Waals surface area contributed by atoms with Crippen molar-refractivity contribution in [2.45, 2.75) is 49.4 Å². The van der Waals surface area contributed by atoms with Crippen molar-refractivity contribution in [1.29, 1.82) is 0 Å². The Hall–Kier alpha value is -1.32. The quantitative estimate of drug-likeness (QED) is 0.794. The van der Waals surface area contributed by atoms with Crippen LogP contribution in [0.15, 0.2) is 0 Å². The Kier molecular flexibility index (Phi) is 2.66. The number of hydrogen-bond acceptors (Lipinski definition) is 2. The van der Waals surface area contributed by atoms with Crippen LogP contribution in [0.25, 0.3) is 0 Å². The van der Waals surface area contributed by atoms with Crippen molar-refractivity contribution in [2.75, 3.05) is 0 Å². The van der Waals surface area contributed by atoms with Gasteiger partial charge in [-0.15, -0.1) is 0 Å². The maximum atomic E-state index is 13.6. The van der Waals surface area contributed by atoms with E-state index in [9.17, 15) is 35.8 Å². The number of rotatable bonds is 1. The van der Waals surface area contributed by atoms with E-state index >= 15 is 0 Å². The van der Waals surface area contributed by atoms with Crippen LogP contribution < -0.4 is 0 Å². The summed E-state index contributed by atoms with van der Waals surface area (Å²) >= 11 is 0. The van der Waals surface area contributed by atoms with Gasteiger partial charge >= 0.3 is 6.18 Å². The van der Waals surface area contributed by atoms with Gasteiger partial charge in [0.15, 0.2) is 5.69 Å². The molecule has 1 N–H and O–H groups in total. The SMILES string of the molecule is O[C@H]1c2c(C(F)(F)F)nn([C@H]3C[C@@H]4[C@H](C3)C4(F)F)c2CC1(F)F. The van der Waals surface area contributed by atoms with Gasteiger partial charge in [-0.25, -0.2) is 17.6 Å². The van der Waals surface area contributed by atoms with Gasteiger partial charge in [0, 0.05) is 17.4 Å². The molecule has 0 amide bonds. The van der Waals surface area contributed by atoms with Crippen LogP contribution in [0, 0.1) is 11.8 Å². The van der Waals surface area contributed by atoms with Gasteiger partial charge in [0.05, 0.1) is 18.2 Å². The van der Waals surface area contributed by atoms with E-state index in [1.54, 1.807) is 0 Å². The van der Waals surface area contributed by atoms with E-state index in [2.05, 4.69) is 5.10 Å². The van der Waals surface area contributed by atoms with E-state index in [-0.39, 0.29) is 12.8 Å². The van der Waals surface area contributed by atoms with Crippen molar-refractivity contribution in [3.05, 3.63) is 17.0 Å². The lowest BCUT2D eigenvalue weighted by Crippen LogP contribution is -2.25. The lowest BCUT2D eigenvalue weighted by molar-refractivity contribution is -0.146. The average molecular weight is 344 g/mol. The average Bonchev–Trinajstić information content (AvgIpc) is 2.85. The minimum absolute atomic E-state index is 0.0925. The predicted molar refractivity (Wildman–Crippen MR) is 61.0 cm³/mol. The fraction of sp³-hybridized carbons (Fsp3) is 0.769. The Labute approximate surface area is 125 Å². The molecule has 0 aliphatic heterocycles. The van der Waals surface area contributed by atoms with Gasteiger partial charge in [0.2, 0.25) is 0 Å². The van der Waals surface area contributed by atoms with Crippen LogP contribution in [0.4, 0.5) is 30.7 Å².